The standard InChI is InChI=1S/C22H24N4O3/c1-15-9-10-16(2)18(13-15)23-19(27)14-26(3)21(28)12-11-20-24-22(25-29-20)17-7-5-4-6-8-17/h4-10,13H,11-12,14H2,1-3H3,(H,23,27). The van der Waals surface area contributed by atoms with Crippen LogP contribution in [0.4, 0.5) is 5.69 Å². The van der Waals surface area contributed by atoms with Crippen LogP contribution in [0.25, 0.3) is 11.4 Å². The molecule has 3 aromatic rings. The Hall–Kier alpha value is -3.48. The molecular formula is C22H24N4O3. The maximum Gasteiger partial charge on any atom is 0.243 e. The summed E-state index contributed by atoms with van der Waals surface area (Å²) >= 11 is 0. The van der Waals surface area contributed by atoms with Gasteiger partial charge in [-0.2, -0.15) is 4.98 Å². The normalized spacial score (nSPS) is 10.6. The van der Waals surface area contributed by atoms with Crippen molar-refractivity contribution in [1.82, 2.24) is 15.0 Å². The molecule has 0 fully saturated rings. The minimum atomic E-state index is -0.237. The Labute approximate surface area is 169 Å². The molecule has 2 aromatic carbocycles. The lowest BCUT2D eigenvalue weighted by Crippen LogP contribution is -2.35. The summed E-state index contributed by atoms with van der Waals surface area (Å²) in [5.41, 5.74) is 3.65. The molecule has 150 valence electrons. The molecule has 0 spiro atoms. The van der Waals surface area contributed by atoms with Gasteiger partial charge in [0.15, 0.2) is 0 Å². The number of likely N-dealkylation sites (N-methyl/N-ethyl adjacent to an activating group) is 1. The van der Waals surface area contributed by atoms with Crippen molar-refractivity contribution in [2.75, 3.05) is 18.9 Å². The molecule has 1 aromatic heterocycles. The summed E-state index contributed by atoms with van der Waals surface area (Å²) in [6, 6.07) is 15.3. The van der Waals surface area contributed by atoms with Gasteiger partial charge in [0, 0.05) is 31.1 Å². The van der Waals surface area contributed by atoms with E-state index in [-0.39, 0.29) is 24.8 Å². The average Bonchev–Trinajstić information content (AvgIpc) is 3.18. The molecule has 2 amide bonds. The van der Waals surface area contributed by atoms with Crippen molar-refractivity contribution in [2.45, 2.75) is 26.7 Å². The number of anilines is 1. The van der Waals surface area contributed by atoms with E-state index in [1.54, 1.807) is 7.05 Å². The summed E-state index contributed by atoms with van der Waals surface area (Å²) in [4.78, 5) is 30.4. The van der Waals surface area contributed by atoms with E-state index in [0.29, 0.717) is 18.1 Å². The molecule has 7 nitrogen and oxygen atoms in total. The van der Waals surface area contributed by atoms with Gasteiger partial charge in [0.2, 0.25) is 23.5 Å². The maximum atomic E-state index is 12.4. The molecule has 0 unspecified atom stereocenters. The van der Waals surface area contributed by atoms with Crippen LogP contribution in [-0.4, -0.2) is 40.4 Å². The lowest BCUT2D eigenvalue weighted by atomic mass is 10.1. The van der Waals surface area contributed by atoms with Gasteiger partial charge in [0.25, 0.3) is 0 Å². The van der Waals surface area contributed by atoms with E-state index in [2.05, 4.69) is 15.5 Å². The summed E-state index contributed by atoms with van der Waals surface area (Å²) < 4.78 is 5.22. The molecular weight excluding hydrogens is 368 g/mol. The van der Waals surface area contributed by atoms with Gasteiger partial charge in [0.1, 0.15) is 0 Å². The number of rotatable bonds is 7. The lowest BCUT2D eigenvalue weighted by Gasteiger charge is -2.17. The zero-order valence-corrected chi connectivity index (χ0v) is 16.8. The molecule has 3 rings (SSSR count). The van der Waals surface area contributed by atoms with Crippen LogP contribution < -0.4 is 5.32 Å². The van der Waals surface area contributed by atoms with Crippen molar-refractivity contribution in [2.24, 2.45) is 0 Å². The van der Waals surface area contributed by atoms with Crippen LogP contribution in [0, 0.1) is 13.8 Å². The van der Waals surface area contributed by atoms with E-state index in [1.165, 1.54) is 4.90 Å². The first-order chi connectivity index (χ1) is 13.9. The third-order valence-corrected chi connectivity index (χ3v) is 4.53. The number of carbonyl (C=O) groups is 2. The van der Waals surface area contributed by atoms with Crippen molar-refractivity contribution in [3.63, 3.8) is 0 Å². The fourth-order valence-corrected chi connectivity index (χ4v) is 2.83. The van der Waals surface area contributed by atoms with Gasteiger partial charge in [-0.25, -0.2) is 0 Å². The number of nitrogens with zero attached hydrogens (tertiary/aromatic N) is 3. The first-order valence-corrected chi connectivity index (χ1v) is 9.41. The second-order valence-corrected chi connectivity index (χ2v) is 6.99. The Morgan fingerprint density at radius 1 is 1.10 bits per heavy atom. The number of benzene rings is 2. The zero-order chi connectivity index (χ0) is 20.8. The third kappa shape index (κ3) is 5.51. The molecule has 0 saturated carbocycles. The van der Waals surface area contributed by atoms with Crippen molar-refractivity contribution >= 4 is 17.5 Å². The van der Waals surface area contributed by atoms with Crippen molar-refractivity contribution in [3.8, 4) is 11.4 Å². The highest BCUT2D eigenvalue weighted by atomic mass is 16.5. The van der Waals surface area contributed by atoms with Gasteiger partial charge in [0.05, 0.1) is 6.54 Å². The van der Waals surface area contributed by atoms with Crippen LogP contribution in [-0.2, 0) is 16.0 Å². The number of carbonyl (C=O) groups excluding carboxylic acids is 2. The SMILES string of the molecule is Cc1ccc(C)c(NC(=O)CN(C)C(=O)CCc2nc(-c3ccccc3)no2)c1. The fourth-order valence-electron chi connectivity index (χ4n) is 2.83. The highest BCUT2D eigenvalue weighted by Gasteiger charge is 2.16. The Bertz CT molecular complexity index is 998. The van der Waals surface area contributed by atoms with Crippen LogP contribution in [0.5, 0.6) is 0 Å². The molecule has 1 N–H and O–H groups in total. The molecule has 0 aliphatic heterocycles. The van der Waals surface area contributed by atoms with Gasteiger partial charge >= 0.3 is 0 Å². The minimum absolute atomic E-state index is 0.0225. The average molecular weight is 392 g/mol. The summed E-state index contributed by atoms with van der Waals surface area (Å²) in [6.45, 7) is 3.87. The van der Waals surface area contributed by atoms with Crippen LogP contribution in [0.2, 0.25) is 0 Å². The number of hydrogen-bond donors (Lipinski definition) is 1. The first kappa shape index (κ1) is 20.3. The smallest absolute Gasteiger partial charge is 0.243 e. The van der Waals surface area contributed by atoms with Gasteiger partial charge in [-0.15, -0.1) is 0 Å². The Balaban J connectivity index is 1.50. The zero-order valence-electron chi connectivity index (χ0n) is 16.8. The monoisotopic (exact) mass is 392 g/mol. The number of amides is 2. The van der Waals surface area contributed by atoms with E-state index < -0.39 is 0 Å². The Morgan fingerprint density at radius 3 is 2.62 bits per heavy atom. The Morgan fingerprint density at radius 2 is 1.86 bits per heavy atom. The number of aromatic nitrogens is 2. The van der Waals surface area contributed by atoms with E-state index in [0.717, 1.165) is 22.4 Å². The predicted octanol–water partition coefficient (Wildman–Crippen LogP) is 3.38. The summed E-state index contributed by atoms with van der Waals surface area (Å²) in [5.74, 6) is 0.485. The molecule has 0 bridgehead atoms. The predicted molar refractivity (Wildman–Crippen MR) is 110 cm³/mol. The molecule has 0 aliphatic rings. The van der Waals surface area contributed by atoms with Crippen molar-refractivity contribution in [1.29, 1.82) is 0 Å². The molecule has 29 heavy (non-hydrogen) atoms. The summed E-state index contributed by atoms with van der Waals surface area (Å²) in [6.07, 6.45) is 0.505. The number of aryl methyl sites for hydroxylation is 3. The number of nitrogens with one attached hydrogen (secondary N) is 1. The van der Waals surface area contributed by atoms with E-state index in [1.807, 2.05) is 62.4 Å². The Kier molecular flexibility index (Phi) is 6.39. The molecule has 0 atom stereocenters. The first-order valence-electron chi connectivity index (χ1n) is 9.41. The molecule has 1 heterocycles. The summed E-state index contributed by atoms with van der Waals surface area (Å²) in [7, 11) is 1.61. The van der Waals surface area contributed by atoms with Crippen LogP contribution >= 0.6 is 0 Å². The van der Waals surface area contributed by atoms with Gasteiger partial charge in [-0.3, -0.25) is 9.59 Å². The topological polar surface area (TPSA) is 88.3 Å². The molecule has 0 radical (unpaired) electrons. The highest BCUT2D eigenvalue weighted by molar-refractivity contribution is 5.95. The van der Waals surface area contributed by atoms with Crippen LogP contribution in [0.3, 0.4) is 0 Å². The molecule has 0 saturated heterocycles. The van der Waals surface area contributed by atoms with E-state index >= 15 is 0 Å². The summed E-state index contributed by atoms with van der Waals surface area (Å²) in [5, 5.41) is 6.80. The largest absolute Gasteiger partial charge is 0.339 e. The van der Waals surface area contributed by atoms with Gasteiger partial charge in [-0.05, 0) is 31.0 Å². The highest BCUT2D eigenvalue weighted by Crippen LogP contribution is 2.17. The van der Waals surface area contributed by atoms with Crippen LogP contribution in [0.1, 0.15) is 23.4 Å². The molecule has 7 heteroatoms. The fraction of sp³-hybridized carbons (Fsp3) is 0.273. The quantitative estimate of drug-likeness (QED) is 0.666. The van der Waals surface area contributed by atoms with Gasteiger partial charge in [-0.1, -0.05) is 47.6 Å². The lowest BCUT2D eigenvalue weighted by molar-refractivity contribution is -0.133. The van der Waals surface area contributed by atoms with Crippen LogP contribution in [0.15, 0.2) is 53.1 Å². The molecule has 0 aliphatic carbocycles. The minimum Gasteiger partial charge on any atom is -0.339 e. The van der Waals surface area contributed by atoms with E-state index in [4.69, 9.17) is 4.52 Å². The van der Waals surface area contributed by atoms with Crippen molar-refractivity contribution < 1.29 is 14.1 Å². The van der Waals surface area contributed by atoms with Crippen molar-refractivity contribution in [3.05, 3.63) is 65.5 Å². The number of hydrogen-bond acceptors (Lipinski definition) is 5. The third-order valence-electron chi connectivity index (χ3n) is 4.53. The maximum absolute atomic E-state index is 12.4. The second kappa shape index (κ2) is 9.14. The second-order valence-electron chi connectivity index (χ2n) is 6.99. The van der Waals surface area contributed by atoms with E-state index in [9.17, 15) is 9.59 Å². The van der Waals surface area contributed by atoms with Gasteiger partial charge < -0.3 is 14.7 Å².